The van der Waals surface area contributed by atoms with Crippen LogP contribution >= 0.6 is 0 Å². The van der Waals surface area contributed by atoms with Crippen LogP contribution < -0.4 is 56.8 Å². The Morgan fingerprint density at radius 2 is 1.10 bits per heavy atom. The molecule has 114 valence electrons. The van der Waals surface area contributed by atoms with E-state index in [0.29, 0.717) is 0 Å². The minimum atomic E-state index is -6.13. The molecule has 1 aromatic rings. The van der Waals surface area contributed by atoms with E-state index in [0.717, 1.165) is 0 Å². The van der Waals surface area contributed by atoms with Crippen LogP contribution in [0.1, 0.15) is 5.56 Å². The molecule has 0 unspecified atom stereocenters. The molecule has 21 heavy (non-hydrogen) atoms. The van der Waals surface area contributed by atoms with Crippen LogP contribution in [0.15, 0.2) is 24.3 Å². The molecule has 1 nitrogen and oxygen atoms in total. The number of aliphatic hydroxyl groups is 1. The van der Waals surface area contributed by atoms with Gasteiger partial charge in [-0.3, -0.25) is 0 Å². The van der Waals surface area contributed by atoms with Crippen molar-refractivity contribution in [3.8, 4) is 0 Å². The van der Waals surface area contributed by atoms with Gasteiger partial charge in [0, 0.05) is 5.56 Å². The van der Waals surface area contributed by atoms with Gasteiger partial charge < -0.3 is 18.1 Å². The fraction of sp³-hybridized carbons (Fsp3) is 0.333. The summed E-state index contributed by atoms with van der Waals surface area (Å²) in [5.74, 6) is 0. The molecule has 0 spiro atoms. The molecule has 0 saturated carbocycles. The van der Waals surface area contributed by atoms with Gasteiger partial charge in [-0.25, -0.2) is 0 Å². The van der Waals surface area contributed by atoms with Gasteiger partial charge in [0.1, 0.15) is 0 Å². The Kier molecular flexibility index (Phi) is 6.47. The van der Waals surface area contributed by atoms with E-state index in [1.165, 1.54) is 0 Å². The Bertz CT molecular complexity index is 462. The fourth-order valence-corrected chi connectivity index (χ4v) is 1.43. The van der Waals surface area contributed by atoms with E-state index >= 15 is 0 Å². The molecule has 1 aromatic carbocycles. The largest absolute Gasteiger partial charge is 1.00 e. The predicted octanol–water partition coefficient (Wildman–Crippen LogP) is 0.0572. The molecule has 0 aliphatic rings. The van der Waals surface area contributed by atoms with E-state index < -0.39 is 36.0 Å². The van der Waals surface area contributed by atoms with Crippen LogP contribution in [-0.2, 0) is 5.60 Å². The Labute approximate surface area is 155 Å². The van der Waals surface area contributed by atoms with Gasteiger partial charge in [0.05, 0.1) is 0 Å². The number of rotatable bonds is 2. The molecule has 0 atom stereocenters. The Hall–Kier alpha value is 0.251. The number of hydrogen-bond acceptors (Lipinski definition) is 1. The van der Waals surface area contributed by atoms with Crippen LogP contribution in [0, 0.1) is 0 Å². The molecule has 0 bridgehead atoms. The summed E-state index contributed by atoms with van der Waals surface area (Å²) in [4.78, 5) is 0. The van der Waals surface area contributed by atoms with Crippen molar-refractivity contribution in [3.05, 3.63) is 29.8 Å². The van der Waals surface area contributed by atoms with Gasteiger partial charge in [0.25, 0.3) is 5.60 Å². The monoisotopic (exact) mass is 350 g/mol. The van der Waals surface area contributed by atoms with Gasteiger partial charge in [-0.05, 0) is 0 Å². The van der Waals surface area contributed by atoms with Gasteiger partial charge in [-0.15, -0.1) is 5.46 Å². The van der Waals surface area contributed by atoms with Crippen LogP contribution in [0.2, 0.25) is 0 Å². The molecule has 1 N–H and O–H groups in total. The van der Waals surface area contributed by atoms with E-state index in [-0.39, 0.29) is 75.7 Å². The van der Waals surface area contributed by atoms with Crippen molar-refractivity contribution in [2.45, 2.75) is 18.0 Å². The standard InChI is InChI=1S/C9H5BF9O.K/c11-8(12,13)7(20,9(14,15)16)5-1-3-6(4-2-5)10(17,18)19;/h1-4,20H;/q-1;+1. The third-order valence-electron chi connectivity index (χ3n) is 2.53. The summed E-state index contributed by atoms with van der Waals surface area (Å²) in [5, 5.41) is 8.92. The molecule has 0 amide bonds. The quantitative estimate of drug-likeness (QED) is 0.591. The van der Waals surface area contributed by atoms with Gasteiger partial charge >= 0.3 is 70.7 Å². The van der Waals surface area contributed by atoms with E-state index in [2.05, 4.69) is 0 Å². The first-order chi connectivity index (χ1) is 8.71. The first kappa shape index (κ1) is 21.3. The van der Waals surface area contributed by atoms with E-state index in [1.54, 1.807) is 0 Å². The molecular formula is C9H5BF9KO. The summed E-state index contributed by atoms with van der Waals surface area (Å²) in [6.07, 6.45) is -12.3. The maximum absolute atomic E-state index is 12.4. The Morgan fingerprint density at radius 1 is 0.762 bits per heavy atom. The molecule has 0 fully saturated rings. The maximum Gasteiger partial charge on any atom is 1.00 e. The molecule has 0 radical (unpaired) electrons. The molecule has 1 rings (SSSR count). The smallest absolute Gasteiger partial charge is 0.445 e. The van der Waals surface area contributed by atoms with Crippen molar-refractivity contribution >= 4 is 12.4 Å². The third-order valence-corrected chi connectivity index (χ3v) is 2.53. The van der Waals surface area contributed by atoms with Crippen molar-refractivity contribution in [1.29, 1.82) is 0 Å². The van der Waals surface area contributed by atoms with Gasteiger partial charge in [0.2, 0.25) is 0 Å². The van der Waals surface area contributed by atoms with Gasteiger partial charge in [-0.1, -0.05) is 24.3 Å². The van der Waals surface area contributed by atoms with Crippen LogP contribution in [0.4, 0.5) is 39.3 Å². The van der Waals surface area contributed by atoms with E-state index in [1.807, 2.05) is 0 Å². The maximum atomic E-state index is 12.4. The molecule has 0 heterocycles. The molecule has 12 heteroatoms. The third kappa shape index (κ3) is 4.16. The summed E-state index contributed by atoms with van der Waals surface area (Å²) in [6, 6.07) is 0.00662. The SMILES string of the molecule is OC(c1ccc([B-](F)(F)F)cc1)(C(F)(F)F)C(F)(F)F.[K+]. The average molecular weight is 350 g/mol. The summed E-state index contributed by atoms with van der Waals surface area (Å²) in [6.45, 7) is -5.57. The molecule has 0 aliphatic carbocycles. The first-order valence-electron chi connectivity index (χ1n) is 4.87. The van der Waals surface area contributed by atoms with Crippen LogP contribution in [0.5, 0.6) is 0 Å². The first-order valence-corrected chi connectivity index (χ1v) is 4.87. The van der Waals surface area contributed by atoms with E-state index in [4.69, 9.17) is 5.11 Å². The molecule has 0 saturated heterocycles. The minimum Gasteiger partial charge on any atom is -0.445 e. The van der Waals surface area contributed by atoms with Crippen LogP contribution in [-0.4, -0.2) is 24.4 Å². The van der Waals surface area contributed by atoms with Gasteiger partial charge in [0.15, 0.2) is 0 Å². The second kappa shape index (κ2) is 6.40. The topological polar surface area (TPSA) is 20.2 Å². The van der Waals surface area contributed by atoms with Crippen molar-refractivity contribution < 1.29 is 95.8 Å². The summed E-state index contributed by atoms with van der Waals surface area (Å²) in [7, 11) is 0. The number of benzene rings is 1. The normalized spacial score (nSPS) is 13.8. The average Bonchev–Trinajstić information content (AvgIpc) is 2.24. The minimum absolute atomic E-state index is 0. The fourth-order valence-electron chi connectivity index (χ4n) is 1.43. The summed E-state index contributed by atoms with van der Waals surface area (Å²) < 4.78 is 111. The zero-order valence-electron chi connectivity index (χ0n) is 10.2. The Balaban J connectivity index is 0.00000400. The summed E-state index contributed by atoms with van der Waals surface area (Å²) >= 11 is 0. The number of alkyl halides is 6. The van der Waals surface area contributed by atoms with Crippen molar-refractivity contribution in [3.63, 3.8) is 0 Å². The molecule has 0 aromatic heterocycles. The summed E-state index contributed by atoms with van der Waals surface area (Å²) in [5.41, 5.74) is -8.33. The molecule has 0 aliphatic heterocycles. The van der Waals surface area contributed by atoms with E-state index in [9.17, 15) is 39.3 Å². The zero-order chi connectivity index (χ0) is 16.0. The van der Waals surface area contributed by atoms with Crippen LogP contribution in [0.3, 0.4) is 0 Å². The zero-order valence-corrected chi connectivity index (χ0v) is 13.4. The predicted molar refractivity (Wildman–Crippen MR) is 51.2 cm³/mol. The van der Waals surface area contributed by atoms with Gasteiger partial charge in [-0.2, -0.15) is 26.3 Å². The second-order valence-corrected chi connectivity index (χ2v) is 3.90. The van der Waals surface area contributed by atoms with Crippen molar-refractivity contribution in [2.24, 2.45) is 0 Å². The number of halogens is 9. The molecular weight excluding hydrogens is 345 g/mol. The second-order valence-electron chi connectivity index (χ2n) is 3.90. The number of hydrogen-bond donors (Lipinski definition) is 1. The van der Waals surface area contributed by atoms with Crippen molar-refractivity contribution in [1.82, 2.24) is 0 Å². The van der Waals surface area contributed by atoms with Crippen LogP contribution in [0.25, 0.3) is 0 Å². The Morgan fingerprint density at radius 3 is 1.33 bits per heavy atom. The van der Waals surface area contributed by atoms with Crippen molar-refractivity contribution in [2.75, 3.05) is 0 Å².